The van der Waals surface area contributed by atoms with Crippen molar-refractivity contribution in [1.82, 2.24) is 14.5 Å². The number of carbonyl (C=O) groups is 1. The average molecular weight is 518 g/mol. The van der Waals surface area contributed by atoms with Crippen LogP contribution >= 0.6 is 0 Å². The largest absolute Gasteiger partial charge is 0.325 e. The summed E-state index contributed by atoms with van der Waals surface area (Å²) in [5.74, 6) is -0.186. The number of benzene rings is 4. The zero-order chi connectivity index (χ0) is 27.2. The van der Waals surface area contributed by atoms with Gasteiger partial charge in [0.2, 0.25) is 5.91 Å². The molecule has 4 aromatic carbocycles. The summed E-state index contributed by atoms with van der Waals surface area (Å²) in [5.41, 5.74) is 2.62. The highest BCUT2D eigenvalue weighted by Gasteiger charge is 2.28. The Morgan fingerprint density at radius 2 is 1.54 bits per heavy atom. The van der Waals surface area contributed by atoms with Crippen molar-refractivity contribution >= 4 is 22.9 Å². The van der Waals surface area contributed by atoms with Gasteiger partial charge in [0.25, 0.3) is 5.56 Å². The molecule has 0 fully saturated rings. The summed E-state index contributed by atoms with van der Waals surface area (Å²) in [7, 11) is 0. The molecule has 0 spiro atoms. The number of nitrogens with zero attached hydrogens (tertiary/aromatic N) is 3. The maximum Gasteiger partial charge on any atom is 0.266 e. The van der Waals surface area contributed by atoms with Gasteiger partial charge in [0.15, 0.2) is 0 Å². The van der Waals surface area contributed by atoms with Crippen molar-refractivity contribution < 1.29 is 9.18 Å². The number of aromatic nitrogens is 2. The van der Waals surface area contributed by atoms with Crippen LogP contribution in [0.5, 0.6) is 0 Å². The van der Waals surface area contributed by atoms with Crippen molar-refractivity contribution in [3.63, 3.8) is 0 Å². The molecule has 1 unspecified atom stereocenters. The van der Waals surface area contributed by atoms with Crippen LogP contribution in [0.3, 0.4) is 0 Å². The number of para-hydroxylation sites is 1. The molecule has 5 aromatic rings. The van der Waals surface area contributed by atoms with E-state index in [1.807, 2.05) is 73.7 Å². The lowest BCUT2D eigenvalue weighted by Crippen LogP contribution is -2.37. The zero-order valence-corrected chi connectivity index (χ0v) is 21.6. The van der Waals surface area contributed by atoms with E-state index < -0.39 is 11.9 Å². The molecule has 6 heteroatoms. The Balaban J connectivity index is 1.67. The fourth-order valence-corrected chi connectivity index (χ4v) is 4.70. The molecule has 5 nitrogen and oxygen atoms in total. The van der Waals surface area contributed by atoms with E-state index >= 15 is 0 Å². The first-order valence-electron chi connectivity index (χ1n) is 12.9. The summed E-state index contributed by atoms with van der Waals surface area (Å²) in [6.07, 6.45) is 3.85. The van der Waals surface area contributed by atoms with Crippen molar-refractivity contribution in [2.45, 2.75) is 25.9 Å². The first-order valence-corrected chi connectivity index (χ1v) is 12.9. The first-order chi connectivity index (χ1) is 19.0. The predicted octanol–water partition coefficient (Wildman–Crippen LogP) is 6.72. The summed E-state index contributed by atoms with van der Waals surface area (Å²) in [4.78, 5) is 34.3. The highest BCUT2D eigenvalue weighted by atomic mass is 19.1. The Hall–Kier alpha value is -4.84. The van der Waals surface area contributed by atoms with Crippen LogP contribution in [0.25, 0.3) is 22.7 Å². The van der Waals surface area contributed by atoms with Gasteiger partial charge >= 0.3 is 0 Å². The van der Waals surface area contributed by atoms with Crippen molar-refractivity contribution in [2.24, 2.45) is 0 Å². The third-order valence-electron chi connectivity index (χ3n) is 6.64. The van der Waals surface area contributed by atoms with E-state index in [2.05, 4.69) is 0 Å². The molecule has 0 N–H and O–H groups in total. The number of hydrogen-bond donors (Lipinski definition) is 0. The van der Waals surface area contributed by atoms with Gasteiger partial charge in [0.05, 0.1) is 22.6 Å². The van der Waals surface area contributed by atoms with E-state index in [1.165, 1.54) is 16.7 Å². The van der Waals surface area contributed by atoms with Gasteiger partial charge in [-0.3, -0.25) is 14.2 Å². The van der Waals surface area contributed by atoms with Gasteiger partial charge in [0, 0.05) is 12.6 Å². The molecular formula is C33H28FN3O2. The normalized spacial score (nSPS) is 12.1. The van der Waals surface area contributed by atoms with E-state index in [-0.39, 0.29) is 11.5 Å². The second-order valence-corrected chi connectivity index (χ2v) is 9.22. The Morgan fingerprint density at radius 1 is 0.897 bits per heavy atom. The molecule has 39 heavy (non-hydrogen) atoms. The molecule has 0 aliphatic rings. The van der Waals surface area contributed by atoms with Crippen molar-refractivity contribution in [3.8, 4) is 5.69 Å². The monoisotopic (exact) mass is 517 g/mol. The van der Waals surface area contributed by atoms with Crippen LogP contribution in [0.15, 0.2) is 120 Å². The number of carbonyl (C=O) groups excluding carboxylic acids is 1. The molecule has 1 atom stereocenters. The van der Waals surface area contributed by atoms with Crippen molar-refractivity contribution in [2.75, 3.05) is 0 Å². The van der Waals surface area contributed by atoms with Crippen LogP contribution in [-0.4, -0.2) is 20.4 Å². The number of amides is 1. The summed E-state index contributed by atoms with van der Waals surface area (Å²) >= 11 is 0. The van der Waals surface area contributed by atoms with E-state index in [4.69, 9.17) is 4.98 Å². The molecule has 1 heterocycles. The third-order valence-corrected chi connectivity index (χ3v) is 6.64. The van der Waals surface area contributed by atoms with Crippen LogP contribution in [0.1, 0.15) is 36.3 Å². The molecule has 0 bridgehead atoms. The van der Waals surface area contributed by atoms with Crippen LogP contribution in [0.4, 0.5) is 4.39 Å². The number of hydrogen-bond acceptors (Lipinski definition) is 3. The van der Waals surface area contributed by atoms with Gasteiger partial charge in [-0.2, -0.15) is 0 Å². The van der Waals surface area contributed by atoms with Crippen molar-refractivity contribution in [1.29, 1.82) is 0 Å². The molecule has 0 aliphatic heterocycles. The highest BCUT2D eigenvalue weighted by molar-refractivity contribution is 5.92. The minimum atomic E-state index is -0.541. The Bertz CT molecular complexity index is 1660. The Kier molecular flexibility index (Phi) is 7.73. The lowest BCUT2D eigenvalue weighted by molar-refractivity contribution is -0.129. The molecule has 0 saturated heterocycles. The summed E-state index contributed by atoms with van der Waals surface area (Å²) in [6, 6.07) is 31.7. The molecule has 5 rings (SSSR count). The Morgan fingerprint density at radius 3 is 2.23 bits per heavy atom. The van der Waals surface area contributed by atoms with Crippen LogP contribution in [0.2, 0.25) is 0 Å². The number of halogens is 1. The lowest BCUT2D eigenvalue weighted by Gasteiger charge is -2.32. The molecule has 0 radical (unpaired) electrons. The maximum absolute atomic E-state index is 13.8. The van der Waals surface area contributed by atoms with Gasteiger partial charge in [-0.05, 0) is 60.0 Å². The fourth-order valence-electron chi connectivity index (χ4n) is 4.70. The van der Waals surface area contributed by atoms with Crippen LogP contribution in [0, 0.1) is 5.82 Å². The molecule has 1 aromatic heterocycles. The number of rotatable bonds is 8. The average Bonchev–Trinajstić information content (AvgIpc) is 2.98. The molecule has 1 amide bonds. The van der Waals surface area contributed by atoms with E-state index in [1.54, 1.807) is 47.4 Å². The summed E-state index contributed by atoms with van der Waals surface area (Å²) in [5, 5.41) is 0.449. The van der Waals surface area contributed by atoms with E-state index in [9.17, 15) is 14.0 Å². The lowest BCUT2D eigenvalue weighted by atomic mass is 10.1. The SMILES string of the molecule is CCC(c1nc2ccccc2c(=O)n1-c1ccc(F)cc1)N(Cc1ccccc1)C(=O)/C=C/c1ccccc1. The topological polar surface area (TPSA) is 55.2 Å². The van der Waals surface area contributed by atoms with Gasteiger partial charge in [-0.1, -0.05) is 79.7 Å². The molecule has 0 saturated carbocycles. The second-order valence-electron chi connectivity index (χ2n) is 9.22. The summed E-state index contributed by atoms with van der Waals surface area (Å²) in [6.45, 7) is 2.29. The van der Waals surface area contributed by atoms with Gasteiger partial charge in [-0.15, -0.1) is 0 Å². The van der Waals surface area contributed by atoms with Crippen LogP contribution in [-0.2, 0) is 11.3 Å². The predicted molar refractivity (Wildman–Crippen MR) is 153 cm³/mol. The minimum Gasteiger partial charge on any atom is -0.325 e. The van der Waals surface area contributed by atoms with Gasteiger partial charge in [-0.25, -0.2) is 9.37 Å². The van der Waals surface area contributed by atoms with E-state index in [0.717, 1.165) is 11.1 Å². The standard InChI is InChI=1S/C33H28FN3O2/c1-2-30(36(23-25-13-7-4-8-14-25)31(38)22-17-24-11-5-3-6-12-24)32-35-29-16-10-9-15-28(29)33(39)37(32)27-20-18-26(34)19-21-27/h3-22,30H,2,23H2,1H3/b22-17+. The molecule has 0 aliphatic carbocycles. The second kappa shape index (κ2) is 11.7. The van der Waals surface area contributed by atoms with E-state index in [0.29, 0.717) is 35.4 Å². The molecule has 194 valence electrons. The minimum absolute atomic E-state index is 0.206. The third kappa shape index (κ3) is 5.70. The molecular weight excluding hydrogens is 489 g/mol. The number of fused-ring (bicyclic) bond motifs is 1. The highest BCUT2D eigenvalue weighted by Crippen LogP contribution is 2.28. The maximum atomic E-state index is 13.8. The van der Waals surface area contributed by atoms with Gasteiger partial charge in [0.1, 0.15) is 11.6 Å². The Labute approximate surface area is 226 Å². The smallest absolute Gasteiger partial charge is 0.266 e. The van der Waals surface area contributed by atoms with Crippen molar-refractivity contribution in [3.05, 3.63) is 148 Å². The van der Waals surface area contributed by atoms with Crippen LogP contribution < -0.4 is 5.56 Å². The van der Waals surface area contributed by atoms with Gasteiger partial charge < -0.3 is 4.90 Å². The summed E-state index contributed by atoms with van der Waals surface area (Å²) < 4.78 is 15.3. The quantitative estimate of drug-likeness (QED) is 0.215. The first kappa shape index (κ1) is 25.8. The fraction of sp³-hybridized carbons (Fsp3) is 0.121. The zero-order valence-electron chi connectivity index (χ0n) is 21.6.